The smallest absolute Gasteiger partial charge is 0.275 e. The number of nitrogens with zero attached hydrogens (tertiary/aromatic N) is 3. The zero-order chi connectivity index (χ0) is 20.2. The highest BCUT2D eigenvalue weighted by Crippen LogP contribution is 2.17. The average molecular weight is 392 g/mol. The van der Waals surface area contributed by atoms with Crippen molar-refractivity contribution in [3.63, 3.8) is 0 Å². The molecule has 0 unspecified atom stereocenters. The standard InChI is InChI=1S/C22H21FN4O2/c23-17-7-8-18-20(14-17)27(22(29)19-5-2-12-26(18)19)13-3-6-21(28)25-11-9-16-4-1-10-24-15-16/h1-2,4-5,7-8,10,12,14-15H,3,6,9,11,13H2,(H,25,28). The first-order valence-electron chi connectivity index (χ1n) is 9.58. The number of aryl methyl sites for hydroxylation is 1. The Bertz CT molecular complexity index is 1210. The molecule has 4 aromatic rings. The van der Waals surface area contributed by atoms with Gasteiger partial charge in [-0.05, 0) is 54.8 Å². The van der Waals surface area contributed by atoms with E-state index in [-0.39, 0.29) is 11.5 Å². The van der Waals surface area contributed by atoms with E-state index in [0.29, 0.717) is 43.4 Å². The van der Waals surface area contributed by atoms with E-state index < -0.39 is 5.82 Å². The van der Waals surface area contributed by atoms with E-state index in [2.05, 4.69) is 10.3 Å². The van der Waals surface area contributed by atoms with Crippen molar-refractivity contribution < 1.29 is 9.18 Å². The monoisotopic (exact) mass is 392 g/mol. The molecule has 3 heterocycles. The van der Waals surface area contributed by atoms with E-state index in [9.17, 15) is 14.0 Å². The second-order valence-corrected chi connectivity index (χ2v) is 6.92. The van der Waals surface area contributed by atoms with Crippen LogP contribution in [0.2, 0.25) is 0 Å². The van der Waals surface area contributed by atoms with Crippen LogP contribution in [-0.4, -0.2) is 26.4 Å². The van der Waals surface area contributed by atoms with E-state index in [1.165, 1.54) is 12.1 Å². The van der Waals surface area contributed by atoms with Crippen LogP contribution in [0.15, 0.2) is 65.8 Å². The van der Waals surface area contributed by atoms with Crippen molar-refractivity contribution in [1.82, 2.24) is 19.3 Å². The van der Waals surface area contributed by atoms with Gasteiger partial charge in [-0.25, -0.2) is 4.39 Å². The quantitative estimate of drug-likeness (QED) is 0.526. The molecule has 1 aromatic carbocycles. The molecule has 0 aliphatic carbocycles. The second-order valence-electron chi connectivity index (χ2n) is 6.92. The van der Waals surface area contributed by atoms with Crippen LogP contribution in [0.1, 0.15) is 18.4 Å². The van der Waals surface area contributed by atoms with E-state index in [4.69, 9.17) is 0 Å². The fourth-order valence-electron chi connectivity index (χ4n) is 3.53. The van der Waals surface area contributed by atoms with E-state index in [1.54, 1.807) is 45.8 Å². The number of hydrogen-bond acceptors (Lipinski definition) is 3. The van der Waals surface area contributed by atoms with Gasteiger partial charge in [0.15, 0.2) is 0 Å². The molecular weight excluding hydrogens is 371 g/mol. The van der Waals surface area contributed by atoms with Crippen LogP contribution >= 0.6 is 0 Å². The van der Waals surface area contributed by atoms with Gasteiger partial charge in [-0.3, -0.25) is 14.6 Å². The molecule has 0 fully saturated rings. The fraction of sp³-hybridized carbons (Fsp3) is 0.227. The lowest BCUT2D eigenvalue weighted by Crippen LogP contribution is -2.27. The number of carbonyl (C=O) groups is 1. The molecule has 0 atom stereocenters. The Morgan fingerprint density at radius 3 is 2.83 bits per heavy atom. The van der Waals surface area contributed by atoms with E-state index >= 15 is 0 Å². The molecule has 6 nitrogen and oxygen atoms in total. The SMILES string of the molecule is O=C(CCCn1c(=O)c2cccn2c2ccc(F)cc21)NCCc1cccnc1. The van der Waals surface area contributed by atoms with Gasteiger partial charge in [-0.1, -0.05) is 6.07 Å². The number of aromatic nitrogens is 3. The van der Waals surface area contributed by atoms with Gasteiger partial charge in [0.1, 0.15) is 11.3 Å². The first kappa shape index (κ1) is 18.9. The molecule has 1 amide bonds. The van der Waals surface area contributed by atoms with Crippen LogP contribution in [0.3, 0.4) is 0 Å². The number of rotatable bonds is 7. The summed E-state index contributed by atoms with van der Waals surface area (Å²) in [7, 11) is 0. The topological polar surface area (TPSA) is 68.4 Å². The lowest BCUT2D eigenvalue weighted by atomic mass is 10.2. The highest BCUT2D eigenvalue weighted by Gasteiger charge is 2.12. The van der Waals surface area contributed by atoms with Crippen molar-refractivity contribution in [3.8, 4) is 0 Å². The maximum atomic E-state index is 13.8. The predicted molar refractivity (Wildman–Crippen MR) is 109 cm³/mol. The summed E-state index contributed by atoms with van der Waals surface area (Å²) in [6.07, 6.45) is 6.78. The average Bonchev–Trinajstić information content (AvgIpc) is 3.21. The van der Waals surface area contributed by atoms with Gasteiger partial charge in [0.25, 0.3) is 5.56 Å². The second kappa shape index (κ2) is 8.26. The molecular formula is C22H21FN4O2. The van der Waals surface area contributed by atoms with Crippen molar-refractivity contribution >= 4 is 22.5 Å². The minimum Gasteiger partial charge on any atom is -0.356 e. The fourth-order valence-corrected chi connectivity index (χ4v) is 3.53. The number of pyridine rings is 1. The summed E-state index contributed by atoms with van der Waals surface area (Å²) < 4.78 is 17.1. The van der Waals surface area contributed by atoms with Gasteiger partial charge in [0, 0.05) is 38.1 Å². The summed E-state index contributed by atoms with van der Waals surface area (Å²) in [6, 6.07) is 11.8. The number of amides is 1. The molecule has 148 valence electrons. The summed E-state index contributed by atoms with van der Waals surface area (Å²) >= 11 is 0. The molecule has 0 aliphatic rings. The first-order chi connectivity index (χ1) is 14.1. The van der Waals surface area contributed by atoms with Gasteiger partial charge in [0.2, 0.25) is 5.91 Å². The van der Waals surface area contributed by atoms with Gasteiger partial charge < -0.3 is 14.3 Å². The Balaban J connectivity index is 1.42. The summed E-state index contributed by atoms with van der Waals surface area (Å²) in [5.74, 6) is -0.466. The summed E-state index contributed by atoms with van der Waals surface area (Å²) in [6.45, 7) is 0.880. The molecule has 0 saturated heterocycles. The predicted octanol–water partition coefficient (Wildman–Crippen LogP) is 2.93. The molecule has 1 N–H and O–H groups in total. The number of carbonyl (C=O) groups excluding carboxylic acids is 1. The minimum absolute atomic E-state index is 0.0683. The van der Waals surface area contributed by atoms with Crippen molar-refractivity contribution in [2.45, 2.75) is 25.8 Å². The zero-order valence-corrected chi connectivity index (χ0v) is 15.8. The van der Waals surface area contributed by atoms with Gasteiger partial charge >= 0.3 is 0 Å². The van der Waals surface area contributed by atoms with Gasteiger partial charge in [-0.15, -0.1) is 0 Å². The molecule has 7 heteroatoms. The van der Waals surface area contributed by atoms with Crippen molar-refractivity contribution in [2.24, 2.45) is 0 Å². The highest BCUT2D eigenvalue weighted by molar-refractivity contribution is 5.79. The summed E-state index contributed by atoms with van der Waals surface area (Å²) in [4.78, 5) is 29.0. The molecule has 0 saturated carbocycles. The van der Waals surface area contributed by atoms with Crippen LogP contribution in [0.4, 0.5) is 4.39 Å². The lowest BCUT2D eigenvalue weighted by molar-refractivity contribution is -0.121. The summed E-state index contributed by atoms with van der Waals surface area (Å²) in [5, 5.41) is 2.89. The van der Waals surface area contributed by atoms with Crippen molar-refractivity contribution in [1.29, 1.82) is 0 Å². The molecule has 29 heavy (non-hydrogen) atoms. The lowest BCUT2D eigenvalue weighted by Gasteiger charge is -2.13. The third kappa shape index (κ3) is 4.03. The van der Waals surface area contributed by atoms with E-state index in [0.717, 1.165) is 11.1 Å². The van der Waals surface area contributed by atoms with Crippen LogP contribution in [0.25, 0.3) is 16.6 Å². The number of fused-ring (bicyclic) bond motifs is 3. The van der Waals surface area contributed by atoms with Crippen LogP contribution < -0.4 is 10.9 Å². The van der Waals surface area contributed by atoms with Crippen LogP contribution in [0.5, 0.6) is 0 Å². The number of halogens is 1. The molecule has 0 bridgehead atoms. The highest BCUT2D eigenvalue weighted by atomic mass is 19.1. The Hall–Kier alpha value is -3.48. The van der Waals surface area contributed by atoms with Crippen LogP contribution in [0, 0.1) is 5.82 Å². The Kier molecular flexibility index (Phi) is 5.37. The Labute approximate surface area is 166 Å². The molecule has 0 spiro atoms. The van der Waals surface area contributed by atoms with Crippen molar-refractivity contribution in [2.75, 3.05) is 6.54 Å². The zero-order valence-electron chi connectivity index (χ0n) is 15.8. The first-order valence-corrected chi connectivity index (χ1v) is 9.58. The molecule has 0 radical (unpaired) electrons. The molecule has 3 aromatic heterocycles. The maximum absolute atomic E-state index is 13.8. The summed E-state index contributed by atoms with van der Waals surface area (Å²) in [5.41, 5.74) is 2.69. The van der Waals surface area contributed by atoms with E-state index in [1.807, 2.05) is 12.1 Å². The normalized spacial score (nSPS) is 11.2. The van der Waals surface area contributed by atoms with Crippen LogP contribution in [-0.2, 0) is 17.8 Å². The third-order valence-electron chi connectivity index (χ3n) is 4.95. The largest absolute Gasteiger partial charge is 0.356 e. The molecule has 4 rings (SSSR count). The number of benzene rings is 1. The number of nitrogens with one attached hydrogen (secondary N) is 1. The Morgan fingerprint density at radius 2 is 2.00 bits per heavy atom. The third-order valence-corrected chi connectivity index (χ3v) is 4.95. The number of hydrogen-bond donors (Lipinski definition) is 1. The minimum atomic E-state index is -0.398. The maximum Gasteiger partial charge on any atom is 0.275 e. The van der Waals surface area contributed by atoms with Gasteiger partial charge in [0.05, 0.1) is 11.0 Å². The van der Waals surface area contributed by atoms with Crippen molar-refractivity contribution in [3.05, 3.63) is 82.8 Å². The molecule has 0 aliphatic heterocycles. The Morgan fingerprint density at radius 1 is 1.10 bits per heavy atom. The van der Waals surface area contributed by atoms with Gasteiger partial charge in [-0.2, -0.15) is 0 Å².